The zero-order valence-corrected chi connectivity index (χ0v) is 49.3. The first-order valence-electron chi connectivity index (χ1n) is 24.6. The van der Waals surface area contributed by atoms with Gasteiger partial charge in [0.1, 0.15) is 0 Å². The molecule has 0 aromatic heterocycles. The summed E-state index contributed by atoms with van der Waals surface area (Å²) in [5.41, 5.74) is 0. The molecule has 0 aromatic rings. The maximum atomic E-state index is 8.72. The molecule has 0 heterocycles. The van der Waals surface area contributed by atoms with Gasteiger partial charge >= 0.3 is 34.1 Å². The normalized spacial score (nSPS) is 16.2. The molecule has 4 rings (SSSR count). The minimum absolute atomic E-state index is 0. The van der Waals surface area contributed by atoms with Gasteiger partial charge in [-0.2, -0.15) is 10.5 Å². The molecule has 392 valence electrons. The van der Waals surface area contributed by atoms with Crippen LogP contribution in [0, 0.1) is 64.2 Å². The molecule has 0 amide bonds. The van der Waals surface area contributed by atoms with Gasteiger partial charge in [0.05, 0.1) is 44.8 Å². The third-order valence-electron chi connectivity index (χ3n) is 11.5. The summed E-state index contributed by atoms with van der Waals surface area (Å²) in [5, 5.41) is 25.6. The van der Waals surface area contributed by atoms with Crippen LogP contribution in [0.3, 0.4) is 0 Å². The largest absolute Gasteiger partial charge is 2.00 e. The Bertz CT molecular complexity index is 952. The summed E-state index contributed by atoms with van der Waals surface area (Å²) in [6, 6.07) is 5.65. The van der Waals surface area contributed by atoms with E-state index in [9.17, 15) is 0 Å². The molecule has 0 aromatic carbocycles. The van der Waals surface area contributed by atoms with E-state index in [-0.39, 0.29) is 63.8 Å². The van der Waals surface area contributed by atoms with Crippen LogP contribution < -0.4 is 0 Å². The quantitative estimate of drug-likeness (QED) is 0.0441. The minimum Gasteiger partial charge on any atom is -0.396 e. The Hall–Kier alpha value is 0.929. The Morgan fingerprint density at radius 3 is 1.14 bits per heavy atom. The second-order valence-corrected chi connectivity index (χ2v) is 21.7. The average Bonchev–Trinajstić information content (AvgIpc) is 4.05. The van der Waals surface area contributed by atoms with Gasteiger partial charge in [0.15, 0.2) is 0 Å². The van der Waals surface area contributed by atoms with E-state index in [0.717, 1.165) is 31.3 Å². The molecule has 2 unspecified atom stereocenters. The zero-order chi connectivity index (χ0) is 43.9. The van der Waals surface area contributed by atoms with Gasteiger partial charge in [-0.3, -0.25) is 0 Å². The summed E-state index contributed by atoms with van der Waals surface area (Å²) < 4.78 is 21.8. The number of aliphatic hydroxyl groups is 1. The molecular formula is C52H107ClFe2N4O4P2. The number of nitriles is 2. The van der Waals surface area contributed by atoms with Gasteiger partial charge < -0.3 is 48.4 Å². The Morgan fingerprint density at radius 1 is 0.492 bits per heavy atom. The van der Waals surface area contributed by atoms with Crippen LogP contribution in [-0.4, -0.2) is 65.0 Å². The van der Waals surface area contributed by atoms with Gasteiger partial charge in [-0.25, -0.2) is 9.34 Å². The topological polar surface area (TPSA) is 102 Å². The number of nitrogens with zero attached hydrogens (tertiary/aromatic N) is 4. The Kier molecular flexibility index (Phi) is 70.8. The molecule has 0 bridgehead atoms. The Morgan fingerprint density at radius 2 is 0.815 bits per heavy atom. The molecular weight excluding hydrogens is 954 g/mol. The molecule has 0 spiro atoms. The molecule has 0 radical (unpaired) electrons. The summed E-state index contributed by atoms with van der Waals surface area (Å²) in [4.78, 5) is 0. The number of unbranched alkanes of at least 4 members (excludes halogenated alkanes) is 4. The number of hydrogen-bond donors (Lipinski definition) is 1. The van der Waals surface area contributed by atoms with Gasteiger partial charge in [-0.15, -0.1) is 0 Å². The van der Waals surface area contributed by atoms with Crippen molar-refractivity contribution in [2.45, 2.75) is 259 Å². The van der Waals surface area contributed by atoms with Gasteiger partial charge in [-0.1, -0.05) is 154 Å². The van der Waals surface area contributed by atoms with Crippen molar-refractivity contribution in [3.8, 4) is 12.1 Å². The monoisotopic (exact) mass is 1060 g/mol. The van der Waals surface area contributed by atoms with Crippen molar-refractivity contribution in [2.24, 2.45) is 11.8 Å². The van der Waals surface area contributed by atoms with Crippen molar-refractivity contribution in [3.05, 3.63) is 29.7 Å². The molecule has 65 heavy (non-hydrogen) atoms. The average molecular weight is 1060 g/mol. The van der Waals surface area contributed by atoms with E-state index in [1.807, 2.05) is 6.07 Å². The summed E-state index contributed by atoms with van der Waals surface area (Å²) in [6.45, 7) is 19.1. The molecule has 4 saturated carbocycles. The summed E-state index contributed by atoms with van der Waals surface area (Å²) in [7, 11) is -2.14. The molecule has 8 nitrogen and oxygen atoms in total. The molecule has 4 aliphatic rings. The van der Waals surface area contributed by atoms with Crippen LogP contribution in [0.15, 0.2) is 0 Å². The summed E-state index contributed by atoms with van der Waals surface area (Å²) in [6.07, 6.45) is 37.6. The van der Waals surface area contributed by atoms with Crippen molar-refractivity contribution >= 4 is 27.4 Å². The number of rotatable bonds is 24. The van der Waals surface area contributed by atoms with Gasteiger partial charge in [0.2, 0.25) is 7.65 Å². The summed E-state index contributed by atoms with van der Waals surface area (Å²) in [5.74, 6) is 2.03. The van der Waals surface area contributed by atoms with E-state index in [0.29, 0.717) is 56.8 Å². The standard InChI is InChI=1S/C19H37N2O2P.C10H20O.C9H18ClN2OP.2C5H10.4CH3.2Fe/c1-17(2)21(18(3)4)24(23-16-10-14-20)22-15-9-5-6-11-19-12-7-8-13-19;11-9-5-1-2-6-10-7-3-4-8-10;1-8(2)12(9(3)4)14(10)13-7-5-6-11;2*1-2-4-5-3-1;;;;;;/h17-19H,5-13,15-16H2,1-4H3;10-11H,1-9H2;8-9H,5,7H2,1-4H3;2*1-5H2;4*1H3;;/q;;;;;4*-1;2*+2. The van der Waals surface area contributed by atoms with Crippen molar-refractivity contribution in [1.82, 2.24) is 9.34 Å². The Balaban J connectivity index is -0.000000140. The molecule has 4 fully saturated rings. The fraction of sp³-hybridized carbons (Fsp3) is 0.885. The van der Waals surface area contributed by atoms with E-state index in [2.05, 4.69) is 70.8 Å². The predicted octanol–water partition coefficient (Wildman–Crippen LogP) is 18.0. The van der Waals surface area contributed by atoms with E-state index < -0.39 is 16.2 Å². The SMILES string of the molecule is C1CCCC1.C1CCCC1.CC(C)N(C(C)C)P(Cl)OCCC#N.CC(C)N(C(C)C)P(OCCC#N)OCCCCCC1CCCC1.OCCCCCC1CCCC1.[CH3-].[CH3-].[CH3-].[CH3-].[Fe+2].[Fe+2]. The fourth-order valence-corrected chi connectivity index (χ4v) is 12.4. The summed E-state index contributed by atoms with van der Waals surface area (Å²) >= 11 is 6.13. The molecule has 13 heteroatoms. The van der Waals surface area contributed by atoms with E-state index in [4.69, 9.17) is 40.4 Å². The van der Waals surface area contributed by atoms with Crippen molar-refractivity contribution in [3.63, 3.8) is 0 Å². The third kappa shape index (κ3) is 47.0. The number of aliphatic hydroxyl groups excluding tert-OH is 1. The van der Waals surface area contributed by atoms with E-state index in [1.165, 1.54) is 154 Å². The van der Waals surface area contributed by atoms with Crippen LogP contribution in [0.4, 0.5) is 0 Å². The van der Waals surface area contributed by atoms with Crippen LogP contribution in [-0.2, 0) is 47.7 Å². The maximum Gasteiger partial charge on any atom is 2.00 e. The van der Waals surface area contributed by atoms with Gasteiger partial charge in [0, 0.05) is 30.8 Å². The van der Waals surface area contributed by atoms with Crippen LogP contribution in [0.2, 0.25) is 0 Å². The van der Waals surface area contributed by atoms with Crippen molar-refractivity contribution in [1.29, 1.82) is 10.5 Å². The molecule has 0 saturated heterocycles. The first kappa shape index (κ1) is 80.0. The maximum absolute atomic E-state index is 8.72. The van der Waals surface area contributed by atoms with E-state index in [1.54, 1.807) is 0 Å². The Labute approximate surface area is 436 Å². The first-order chi connectivity index (χ1) is 28.5. The zero-order valence-electron chi connectivity index (χ0n) is 44.5. The smallest absolute Gasteiger partial charge is 0.396 e. The predicted molar refractivity (Wildman–Crippen MR) is 282 cm³/mol. The van der Waals surface area contributed by atoms with Crippen LogP contribution in [0.5, 0.6) is 0 Å². The first-order valence-corrected chi connectivity index (χ1v) is 27.8. The number of hydrogen-bond acceptors (Lipinski definition) is 8. The van der Waals surface area contributed by atoms with Gasteiger partial charge in [0.25, 0.3) is 8.53 Å². The van der Waals surface area contributed by atoms with Crippen LogP contribution in [0.25, 0.3) is 0 Å². The molecule has 1 N–H and O–H groups in total. The van der Waals surface area contributed by atoms with Gasteiger partial charge in [-0.05, 0) is 91.3 Å². The van der Waals surface area contributed by atoms with Crippen molar-refractivity contribution < 1.29 is 52.8 Å². The molecule has 4 aliphatic carbocycles. The minimum atomic E-state index is -1.08. The second-order valence-electron chi connectivity index (χ2n) is 18.2. The number of halogens is 1. The van der Waals surface area contributed by atoms with Crippen LogP contribution >= 0.6 is 27.4 Å². The second kappa shape index (κ2) is 57.5. The van der Waals surface area contributed by atoms with Crippen LogP contribution in [0.1, 0.15) is 235 Å². The fourth-order valence-electron chi connectivity index (χ4n) is 8.45. The third-order valence-corrected chi connectivity index (χ3v) is 16.1. The van der Waals surface area contributed by atoms with E-state index >= 15 is 0 Å². The van der Waals surface area contributed by atoms with Crippen molar-refractivity contribution in [2.75, 3.05) is 26.4 Å². The molecule has 0 aliphatic heterocycles. The molecule has 2 atom stereocenters.